The molecule has 31 heavy (non-hydrogen) atoms. The fraction of sp³-hybridized carbons (Fsp3) is 0.348. The monoisotopic (exact) mass is 422 g/mol. The topological polar surface area (TPSA) is 105 Å². The number of likely N-dealkylation sites (tertiary alicyclic amines) is 1. The molecule has 4 rings (SSSR count). The molecular formula is C23H26N4O4. The Hall–Kier alpha value is -3.39. The van der Waals surface area contributed by atoms with Crippen molar-refractivity contribution in [3.8, 4) is 5.75 Å². The van der Waals surface area contributed by atoms with Crippen molar-refractivity contribution in [3.05, 3.63) is 60.2 Å². The Morgan fingerprint density at radius 1 is 1.13 bits per heavy atom. The summed E-state index contributed by atoms with van der Waals surface area (Å²) in [6.45, 7) is 2.81. The molecule has 3 atom stereocenters. The van der Waals surface area contributed by atoms with E-state index in [1.54, 1.807) is 30.0 Å². The number of para-hydroxylation sites is 2. The number of carbonyl (C=O) groups is 3. The zero-order valence-electron chi connectivity index (χ0n) is 17.4. The third kappa shape index (κ3) is 4.25. The van der Waals surface area contributed by atoms with Crippen LogP contribution in [0.5, 0.6) is 5.75 Å². The zero-order valence-corrected chi connectivity index (χ0v) is 17.4. The Labute approximate surface area is 180 Å². The molecule has 0 spiro atoms. The predicted octanol–water partition coefficient (Wildman–Crippen LogP) is 1.22. The Kier molecular flexibility index (Phi) is 5.90. The zero-order chi connectivity index (χ0) is 22.0. The van der Waals surface area contributed by atoms with Gasteiger partial charge in [-0.05, 0) is 31.0 Å². The van der Waals surface area contributed by atoms with E-state index in [2.05, 4.69) is 5.32 Å². The minimum absolute atomic E-state index is 0.120. The second-order valence-corrected chi connectivity index (χ2v) is 7.85. The summed E-state index contributed by atoms with van der Waals surface area (Å²) in [6.07, 6.45) is 0.185. The highest BCUT2D eigenvalue weighted by molar-refractivity contribution is 6.05. The lowest BCUT2D eigenvalue weighted by molar-refractivity contribution is -0.135. The molecule has 162 valence electrons. The molecule has 0 aromatic heterocycles. The van der Waals surface area contributed by atoms with Crippen LogP contribution in [-0.4, -0.2) is 54.3 Å². The molecule has 2 aliphatic rings. The number of hydrogen-bond donors (Lipinski definition) is 2. The molecule has 1 saturated heterocycles. The fourth-order valence-electron chi connectivity index (χ4n) is 3.69. The maximum Gasteiger partial charge on any atom is 0.254 e. The SMILES string of the molecule is C[C@H](N)C(=O)N[C@@H]1C(=O)N(CC(=O)N2CCC2)c2ccccc2O[C@@H]1c1ccccc1. The normalized spacial score (nSPS) is 21.3. The van der Waals surface area contributed by atoms with Gasteiger partial charge in [-0.3, -0.25) is 19.3 Å². The van der Waals surface area contributed by atoms with E-state index in [1.807, 2.05) is 36.4 Å². The van der Waals surface area contributed by atoms with Crippen LogP contribution < -0.4 is 20.7 Å². The molecule has 1 fully saturated rings. The van der Waals surface area contributed by atoms with E-state index < -0.39 is 30.0 Å². The van der Waals surface area contributed by atoms with Crippen LogP contribution in [0.25, 0.3) is 0 Å². The summed E-state index contributed by atoms with van der Waals surface area (Å²) in [4.78, 5) is 42.1. The van der Waals surface area contributed by atoms with Crippen LogP contribution in [0.4, 0.5) is 5.69 Å². The molecule has 2 aliphatic heterocycles. The van der Waals surface area contributed by atoms with E-state index in [4.69, 9.17) is 10.5 Å². The highest BCUT2D eigenvalue weighted by Gasteiger charge is 2.41. The van der Waals surface area contributed by atoms with E-state index in [0.29, 0.717) is 24.5 Å². The van der Waals surface area contributed by atoms with Crippen molar-refractivity contribution in [1.29, 1.82) is 0 Å². The fourth-order valence-corrected chi connectivity index (χ4v) is 3.69. The number of nitrogens with one attached hydrogen (secondary N) is 1. The van der Waals surface area contributed by atoms with Crippen molar-refractivity contribution in [1.82, 2.24) is 10.2 Å². The summed E-state index contributed by atoms with van der Waals surface area (Å²) in [6, 6.07) is 14.5. The largest absolute Gasteiger partial charge is 0.481 e. The minimum Gasteiger partial charge on any atom is -0.481 e. The van der Waals surface area contributed by atoms with Crippen LogP contribution in [0.1, 0.15) is 25.0 Å². The Bertz CT molecular complexity index is 975. The van der Waals surface area contributed by atoms with Gasteiger partial charge in [0.15, 0.2) is 6.10 Å². The Morgan fingerprint density at radius 3 is 2.45 bits per heavy atom. The number of fused-ring (bicyclic) bond motifs is 1. The van der Waals surface area contributed by atoms with Crippen molar-refractivity contribution in [2.45, 2.75) is 31.5 Å². The summed E-state index contributed by atoms with van der Waals surface area (Å²) in [5, 5.41) is 2.75. The van der Waals surface area contributed by atoms with Crippen molar-refractivity contribution in [2.75, 3.05) is 24.5 Å². The molecule has 3 N–H and O–H groups in total. The minimum atomic E-state index is -1.04. The summed E-state index contributed by atoms with van der Waals surface area (Å²) in [7, 11) is 0. The summed E-state index contributed by atoms with van der Waals surface area (Å²) >= 11 is 0. The summed E-state index contributed by atoms with van der Waals surface area (Å²) in [5.41, 5.74) is 6.98. The molecule has 2 aromatic rings. The molecule has 0 bridgehead atoms. The lowest BCUT2D eigenvalue weighted by Crippen LogP contribution is -2.56. The molecule has 8 heteroatoms. The summed E-state index contributed by atoms with van der Waals surface area (Å²) in [5.74, 6) is -0.548. The van der Waals surface area contributed by atoms with Gasteiger partial charge in [0.05, 0.1) is 11.7 Å². The van der Waals surface area contributed by atoms with Gasteiger partial charge in [-0.15, -0.1) is 0 Å². The molecule has 2 aromatic carbocycles. The predicted molar refractivity (Wildman–Crippen MR) is 115 cm³/mol. The van der Waals surface area contributed by atoms with Crippen LogP contribution in [0.15, 0.2) is 54.6 Å². The van der Waals surface area contributed by atoms with Crippen molar-refractivity contribution < 1.29 is 19.1 Å². The van der Waals surface area contributed by atoms with Gasteiger partial charge in [-0.1, -0.05) is 42.5 Å². The summed E-state index contributed by atoms with van der Waals surface area (Å²) < 4.78 is 6.28. The number of nitrogens with two attached hydrogens (primary N) is 1. The van der Waals surface area contributed by atoms with Crippen LogP contribution >= 0.6 is 0 Å². The molecule has 3 amide bonds. The molecule has 0 radical (unpaired) electrons. The number of benzene rings is 2. The van der Waals surface area contributed by atoms with Gasteiger partial charge in [0.1, 0.15) is 18.3 Å². The van der Waals surface area contributed by atoms with Crippen LogP contribution in [0.3, 0.4) is 0 Å². The lowest BCUT2D eigenvalue weighted by atomic mass is 10.0. The second kappa shape index (κ2) is 8.77. The molecule has 0 saturated carbocycles. The highest BCUT2D eigenvalue weighted by Crippen LogP contribution is 2.38. The van der Waals surface area contributed by atoms with E-state index in [1.165, 1.54) is 4.90 Å². The average Bonchev–Trinajstić information content (AvgIpc) is 2.83. The molecule has 8 nitrogen and oxygen atoms in total. The van der Waals surface area contributed by atoms with Gasteiger partial charge in [-0.2, -0.15) is 0 Å². The first kappa shape index (κ1) is 20.9. The van der Waals surface area contributed by atoms with Crippen molar-refractivity contribution >= 4 is 23.4 Å². The Balaban J connectivity index is 1.75. The average molecular weight is 422 g/mol. The maximum atomic E-state index is 13.7. The second-order valence-electron chi connectivity index (χ2n) is 7.85. The van der Waals surface area contributed by atoms with Gasteiger partial charge < -0.3 is 20.7 Å². The number of rotatable bonds is 5. The molecule has 2 heterocycles. The number of amides is 3. The van der Waals surface area contributed by atoms with E-state index in [-0.39, 0.29) is 12.5 Å². The molecular weight excluding hydrogens is 396 g/mol. The molecule has 0 unspecified atom stereocenters. The van der Waals surface area contributed by atoms with Crippen LogP contribution in [0.2, 0.25) is 0 Å². The number of carbonyl (C=O) groups excluding carboxylic acids is 3. The van der Waals surface area contributed by atoms with Crippen molar-refractivity contribution in [3.63, 3.8) is 0 Å². The maximum absolute atomic E-state index is 13.7. The molecule has 0 aliphatic carbocycles. The first-order valence-electron chi connectivity index (χ1n) is 10.4. The smallest absolute Gasteiger partial charge is 0.254 e. The van der Waals surface area contributed by atoms with Crippen LogP contribution in [0, 0.1) is 0 Å². The number of hydrogen-bond acceptors (Lipinski definition) is 5. The van der Waals surface area contributed by atoms with Gasteiger partial charge in [0.25, 0.3) is 5.91 Å². The van der Waals surface area contributed by atoms with Gasteiger partial charge >= 0.3 is 0 Å². The van der Waals surface area contributed by atoms with Gasteiger partial charge in [-0.25, -0.2) is 0 Å². The number of anilines is 1. The van der Waals surface area contributed by atoms with Crippen LogP contribution in [-0.2, 0) is 14.4 Å². The quantitative estimate of drug-likeness (QED) is 0.754. The number of ether oxygens (including phenoxy) is 1. The third-order valence-electron chi connectivity index (χ3n) is 5.59. The van der Waals surface area contributed by atoms with E-state index in [9.17, 15) is 14.4 Å². The standard InChI is InChI=1S/C23H26N4O4/c1-15(24)22(29)25-20-21(16-8-3-2-4-9-16)31-18-11-6-5-10-17(18)27(23(20)30)14-19(28)26-12-7-13-26/h2-6,8-11,15,20-21H,7,12-14,24H2,1H3,(H,25,29)/t15-,20-,21+/m0/s1. The van der Waals surface area contributed by atoms with E-state index >= 15 is 0 Å². The lowest BCUT2D eigenvalue weighted by Gasteiger charge is -2.34. The van der Waals surface area contributed by atoms with Gasteiger partial charge in [0, 0.05) is 13.1 Å². The van der Waals surface area contributed by atoms with Gasteiger partial charge in [0.2, 0.25) is 11.8 Å². The third-order valence-corrected chi connectivity index (χ3v) is 5.59. The number of nitrogens with zero attached hydrogens (tertiary/aromatic N) is 2. The highest BCUT2D eigenvalue weighted by atomic mass is 16.5. The Morgan fingerprint density at radius 2 is 1.81 bits per heavy atom. The first-order valence-corrected chi connectivity index (χ1v) is 10.4. The van der Waals surface area contributed by atoms with E-state index in [0.717, 1.165) is 12.0 Å². The first-order chi connectivity index (χ1) is 15.0. The van der Waals surface area contributed by atoms with Crippen molar-refractivity contribution in [2.24, 2.45) is 5.73 Å².